The molecule has 0 saturated carbocycles. The van der Waals surface area contributed by atoms with Crippen molar-refractivity contribution in [3.8, 4) is 5.75 Å². The summed E-state index contributed by atoms with van der Waals surface area (Å²) in [6.07, 6.45) is 2.40. The minimum atomic E-state index is 0.690. The summed E-state index contributed by atoms with van der Waals surface area (Å²) in [7, 11) is 0. The van der Waals surface area contributed by atoms with Crippen LogP contribution in [0.25, 0.3) is 0 Å². The van der Waals surface area contributed by atoms with Crippen molar-refractivity contribution in [1.82, 2.24) is 0 Å². The SMILES string of the molecule is CCCCN(CCOc1cccc(Br)c1)c1ccccc1. The lowest BCUT2D eigenvalue weighted by molar-refractivity contribution is 0.323. The lowest BCUT2D eigenvalue weighted by Crippen LogP contribution is -2.29. The largest absolute Gasteiger partial charge is 0.492 e. The van der Waals surface area contributed by atoms with Gasteiger partial charge >= 0.3 is 0 Å². The average molecular weight is 348 g/mol. The quantitative estimate of drug-likeness (QED) is 0.655. The van der Waals surface area contributed by atoms with Crippen LogP contribution in [0, 0.1) is 0 Å². The molecule has 0 bridgehead atoms. The molecule has 2 aromatic carbocycles. The van der Waals surface area contributed by atoms with Crippen LogP contribution < -0.4 is 9.64 Å². The number of nitrogens with zero attached hydrogens (tertiary/aromatic N) is 1. The maximum atomic E-state index is 5.85. The molecule has 0 aliphatic rings. The van der Waals surface area contributed by atoms with E-state index in [2.05, 4.69) is 58.1 Å². The van der Waals surface area contributed by atoms with Crippen LogP contribution >= 0.6 is 15.9 Å². The fourth-order valence-electron chi connectivity index (χ4n) is 2.19. The summed E-state index contributed by atoms with van der Waals surface area (Å²) in [5, 5.41) is 0. The summed E-state index contributed by atoms with van der Waals surface area (Å²) >= 11 is 3.46. The Kier molecular flexibility index (Phi) is 6.61. The van der Waals surface area contributed by atoms with Crippen molar-refractivity contribution in [2.24, 2.45) is 0 Å². The van der Waals surface area contributed by atoms with E-state index in [4.69, 9.17) is 4.74 Å². The first-order valence-corrected chi connectivity index (χ1v) is 8.27. The molecule has 0 amide bonds. The Morgan fingerprint density at radius 2 is 1.81 bits per heavy atom. The van der Waals surface area contributed by atoms with Crippen LogP contribution in [0.2, 0.25) is 0 Å². The van der Waals surface area contributed by atoms with E-state index < -0.39 is 0 Å². The van der Waals surface area contributed by atoms with E-state index in [1.807, 2.05) is 24.3 Å². The molecule has 2 rings (SSSR count). The summed E-state index contributed by atoms with van der Waals surface area (Å²) in [5.41, 5.74) is 1.27. The predicted molar refractivity (Wildman–Crippen MR) is 93.2 cm³/mol. The van der Waals surface area contributed by atoms with Gasteiger partial charge in [0.25, 0.3) is 0 Å². The third-order valence-corrected chi connectivity index (χ3v) is 3.82. The number of unbranched alkanes of at least 4 members (excludes halogenated alkanes) is 1. The topological polar surface area (TPSA) is 12.5 Å². The van der Waals surface area contributed by atoms with Crippen LogP contribution in [0.1, 0.15) is 19.8 Å². The smallest absolute Gasteiger partial charge is 0.120 e. The maximum absolute atomic E-state index is 5.85. The van der Waals surface area contributed by atoms with Crippen LogP contribution in [0.3, 0.4) is 0 Å². The molecule has 0 atom stereocenters. The highest BCUT2D eigenvalue weighted by atomic mass is 79.9. The van der Waals surface area contributed by atoms with Crippen molar-refractivity contribution < 1.29 is 4.74 Å². The van der Waals surface area contributed by atoms with Gasteiger partial charge in [0.2, 0.25) is 0 Å². The molecule has 0 N–H and O–H groups in total. The highest BCUT2D eigenvalue weighted by molar-refractivity contribution is 9.10. The van der Waals surface area contributed by atoms with E-state index in [0.29, 0.717) is 6.61 Å². The van der Waals surface area contributed by atoms with Gasteiger partial charge in [0.05, 0.1) is 6.54 Å². The van der Waals surface area contributed by atoms with Crippen LogP contribution in [0.15, 0.2) is 59.1 Å². The lowest BCUT2D eigenvalue weighted by atomic mass is 10.2. The minimum Gasteiger partial charge on any atom is -0.492 e. The number of hydrogen-bond donors (Lipinski definition) is 0. The average Bonchev–Trinajstić information content (AvgIpc) is 2.51. The molecule has 21 heavy (non-hydrogen) atoms. The first kappa shape index (κ1) is 15.9. The van der Waals surface area contributed by atoms with Crippen LogP contribution in [-0.4, -0.2) is 19.7 Å². The van der Waals surface area contributed by atoms with Gasteiger partial charge in [-0.3, -0.25) is 0 Å². The van der Waals surface area contributed by atoms with Gasteiger partial charge in [0.15, 0.2) is 0 Å². The zero-order valence-electron chi connectivity index (χ0n) is 12.5. The van der Waals surface area contributed by atoms with E-state index in [-0.39, 0.29) is 0 Å². The maximum Gasteiger partial charge on any atom is 0.120 e. The van der Waals surface area contributed by atoms with Gasteiger partial charge in [-0.25, -0.2) is 0 Å². The van der Waals surface area contributed by atoms with Crippen molar-refractivity contribution in [3.05, 3.63) is 59.1 Å². The summed E-state index contributed by atoms with van der Waals surface area (Å²) in [6, 6.07) is 18.5. The monoisotopic (exact) mass is 347 g/mol. The number of para-hydroxylation sites is 1. The molecule has 2 nitrogen and oxygen atoms in total. The number of halogens is 1. The van der Waals surface area contributed by atoms with Gasteiger partial charge in [0.1, 0.15) is 12.4 Å². The van der Waals surface area contributed by atoms with Gasteiger partial charge in [-0.2, -0.15) is 0 Å². The van der Waals surface area contributed by atoms with Crippen molar-refractivity contribution in [2.75, 3.05) is 24.6 Å². The van der Waals surface area contributed by atoms with Gasteiger partial charge in [-0.05, 0) is 36.8 Å². The summed E-state index contributed by atoms with van der Waals surface area (Å²) in [5.74, 6) is 0.910. The fraction of sp³-hybridized carbons (Fsp3) is 0.333. The van der Waals surface area contributed by atoms with Crippen molar-refractivity contribution in [1.29, 1.82) is 0 Å². The van der Waals surface area contributed by atoms with Crippen molar-refractivity contribution >= 4 is 21.6 Å². The number of hydrogen-bond acceptors (Lipinski definition) is 2. The van der Waals surface area contributed by atoms with Crippen molar-refractivity contribution in [3.63, 3.8) is 0 Å². The number of rotatable bonds is 8. The zero-order valence-corrected chi connectivity index (χ0v) is 14.1. The normalized spacial score (nSPS) is 10.4. The number of anilines is 1. The Labute approximate surface area is 135 Å². The highest BCUT2D eigenvalue weighted by Gasteiger charge is 2.05. The van der Waals surface area contributed by atoms with E-state index >= 15 is 0 Å². The van der Waals surface area contributed by atoms with Gasteiger partial charge in [-0.15, -0.1) is 0 Å². The Morgan fingerprint density at radius 1 is 1.00 bits per heavy atom. The predicted octanol–water partition coefficient (Wildman–Crippen LogP) is 5.13. The molecular weight excluding hydrogens is 326 g/mol. The Balaban J connectivity index is 1.90. The summed E-state index contributed by atoms with van der Waals surface area (Å²) < 4.78 is 6.89. The standard InChI is InChI=1S/C18H22BrNO/c1-2-3-12-20(17-9-5-4-6-10-17)13-14-21-18-11-7-8-16(19)15-18/h4-11,15H,2-3,12-14H2,1H3. The molecule has 0 spiro atoms. The first-order valence-electron chi connectivity index (χ1n) is 7.48. The Morgan fingerprint density at radius 3 is 2.52 bits per heavy atom. The first-order chi connectivity index (χ1) is 10.3. The summed E-state index contributed by atoms with van der Waals surface area (Å²) in [4.78, 5) is 2.39. The van der Waals surface area contributed by atoms with Gasteiger partial charge < -0.3 is 9.64 Å². The molecule has 0 saturated heterocycles. The lowest BCUT2D eigenvalue weighted by Gasteiger charge is -2.24. The molecule has 0 aliphatic carbocycles. The second-order valence-corrected chi connectivity index (χ2v) is 5.90. The van der Waals surface area contributed by atoms with E-state index in [0.717, 1.165) is 23.3 Å². The molecule has 3 heteroatoms. The third-order valence-electron chi connectivity index (χ3n) is 3.33. The Hall–Kier alpha value is -1.48. The molecule has 0 aromatic heterocycles. The minimum absolute atomic E-state index is 0.690. The molecule has 0 aliphatic heterocycles. The van der Waals surface area contributed by atoms with Gasteiger partial charge in [-0.1, -0.05) is 53.5 Å². The second-order valence-electron chi connectivity index (χ2n) is 4.98. The molecule has 0 fully saturated rings. The molecule has 0 radical (unpaired) electrons. The van der Waals surface area contributed by atoms with E-state index in [1.54, 1.807) is 0 Å². The third kappa shape index (κ3) is 5.43. The molecule has 112 valence electrons. The number of benzene rings is 2. The highest BCUT2D eigenvalue weighted by Crippen LogP contribution is 2.18. The Bertz CT molecular complexity index is 530. The molecule has 2 aromatic rings. The van der Waals surface area contributed by atoms with Gasteiger partial charge in [0, 0.05) is 16.7 Å². The summed E-state index contributed by atoms with van der Waals surface area (Å²) in [6.45, 7) is 4.88. The van der Waals surface area contributed by atoms with Crippen LogP contribution in [0.5, 0.6) is 5.75 Å². The molecular formula is C18H22BrNO. The zero-order chi connectivity index (χ0) is 14.9. The number of ether oxygens (including phenoxy) is 1. The molecule has 0 heterocycles. The van der Waals surface area contributed by atoms with Crippen LogP contribution in [0.4, 0.5) is 5.69 Å². The molecule has 0 unspecified atom stereocenters. The van der Waals surface area contributed by atoms with E-state index in [1.165, 1.54) is 18.5 Å². The van der Waals surface area contributed by atoms with Crippen LogP contribution in [-0.2, 0) is 0 Å². The fourth-order valence-corrected chi connectivity index (χ4v) is 2.57. The van der Waals surface area contributed by atoms with Crippen molar-refractivity contribution in [2.45, 2.75) is 19.8 Å². The second kappa shape index (κ2) is 8.73. The van der Waals surface area contributed by atoms with E-state index in [9.17, 15) is 0 Å².